The number of hydrogen-bond acceptors (Lipinski definition) is 5. The van der Waals surface area contributed by atoms with Gasteiger partial charge in [0.1, 0.15) is 5.82 Å². The van der Waals surface area contributed by atoms with Crippen LogP contribution in [0.3, 0.4) is 0 Å². The monoisotopic (exact) mass is 433 g/mol. The van der Waals surface area contributed by atoms with Crippen molar-refractivity contribution in [3.05, 3.63) is 94.3 Å². The van der Waals surface area contributed by atoms with E-state index < -0.39 is 0 Å². The number of carbonyl (C=O) groups excluding carboxylic acids is 2. The minimum atomic E-state index is -0.362. The van der Waals surface area contributed by atoms with Crippen molar-refractivity contribution >= 4 is 28.5 Å². The van der Waals surface area contributed by atoms with Gasteiger partial charge in [0.2, 0.25) is 0 Å². The second-order valence-electron chi connectivity index (χ2n) is 8.50. The van der Waals surface area contributed by atoms with Crippen LogP contribution in [0.5, 0.6) is 0 Å². The first-order chi connectivity index (χ1) is 16.1. The van der Waals surface area contributed by atoms with Gasteiger partial charge in [-0.2, -0.15) is 5.26 Å². The quantitative estimate of drug-likeness (QED) is 0.500. The van der Waals surface area contributed by atoms with Crippen molar-refractivity contribution in [3.8, 4) is 6.07 Å². The molecule has 4 aromatic rings. The zero-order chi connectivity index (χ0) is 22.7. The third-order valence-electron chi connectivity index (χ3n) is 6.54. The van der Waals surface area contributed by atoms with Gasteiger partial charge in [-0.3, -0.25) is 9.59 Å². The van der Waals surface area contributed by atoms with Crippen molar-refractivity contribution in [1.29, 1.82) is 5.26 Å². The summed E-state index contributed by atoms with van der Waals surface area (Å²) in [6, 6.07) is 18.4. The molecular formula is C26H19N5O2. The number of rotatable bonds is 3. The maximum atomic E-state index is 13.1. The summed E-state index contributed by atoms with van der Waals surface area (Å²) in [7, 11) is 0. The first-order valence-electron chi connectivity index (χ1n) is 10.8. The lowest BCUT2D eigenvalue weighted by molar-refractivity contribution is 0.0924. The number of aromatic nitrogens is 2. The van der Waals surface area contributed by atoms with Crippen LogP contribution in [0.1, 0.15) is 43.1 Å². The standard InChI is InChI=1S/C26H19N5O2/c27-13-15-7-8-22-20(10-15)21-11-17(28)12-23(21)30(22)14-16-4-3-9-29-24(16)31-25(32)18-5-1-2-6-19(18)26(31)33/h1-10,17H,11-12,14,28H2. The van der Waals surface area contributed by atoms with Crippen molar-refractivity contribution in [2.75, 3.05) is 4.90 Å². The molecular weight excluding hydrogens is 414 g/mol. The topological polar surface area (TPSA) is 105 Å². The Kier molecular flexibility index (Phi) is 4.19. The summed E-state index contributed by atoms with van der Waals surface area (Å²) in [6.45, 7) is 0.432. The molecule has 6 rings (SSSR count). The highest BCUT2D eigenvalue weighted by molar-refractivity contribution is 6.34. The summed E-state index contributed by atoms with van der Waals surface area (Å²) in [6.07, 6.45) is 3.08. The van der Waals surface area contributed by atoms with Gasteiger partial charge in [-0.1, -0.05) is 18.2 Å². The molecule has 1 aliphatic heterocycles. The van der Waals surface area contributed by atoms with Gasteiger partial charge < -0.3 is 10.3 Å². The number of pyridine rings is 1. The Bertz CT molecular complexity index is 1490. The predicted octanol–water partition coefficient (Wildman–Crippen LogP) is 3.18. The summed E-state index contributed by atoms with van der Waals surface area (Å²) in [5.74, 6) is -0.382. The molecule has 0 radical (unpaired) electrons. The highest BCUT2D eigenvalue weighted by Gasteiger charge is 2.38. The highest BCUT2D eigenvalue weighted by atomic mass is 16.2. The number of imide groups is 1. The van der Waals surface area contributed by atoms with Gasteiger partial charge in [-0.05, 0) is 48.4 Å². The summed E-state index contributed by atoms with van der Waals surface area (Å²) in [5, 5.41) is 10.4. The number of benzene rings is 2. The van der Waals surface area contributed by atoms with E-state index in [1.54, 1.807) is 30.5 Å². The highest BCUT2D eigenvalue weighted by Crippen LogP contribution is 2.36. The van der Waals surface area contributed by atoms with Crippen LogP contribution in [-0.2, 0) is 19.4 Å². The molecule has 7 nitrogen and oxygen atoms in total. The molecule has 2 aromatic carbocycles. The Hall–Kier alpha value is -4.28. The summed E-state index contributed by atoms with van der Waals surface area (Å²) < 4.78 is 2.18. The number of nitrogens with zero attached hydrogens (tertiary/aromatic N) is 4. The van der Waals surface area contributed by atoms with Crippen LogP contribution in [0.25, 0.3) is 10.9 Å². The average molecular weight is 433 g/mol. The van der Waals surface area contributed by atoms with E-state index in [0.717, 1.165) is 35.0 Å². The first-order valence-corrected chi connectivity index (χ1v) is 10.8. The normalized spacial score (nSPS) is 16.8. The van der Waals surface area contributed by atoms with Crippen molar-refractivity contribution in [3.63, 3.8) is 0 Å². The number of nitrogens with two attached hydrogens (primary N) is 1. The van der Waals surface area contributed by atoms with Gasteiger partial charge in [0.15, 0.2) is 0 Å². The Morgan fingerprint density at radius 2 is 1.79 bits per heavy atom. The van der Waals surface area contributed by atoms with Crippen LogP contribution in [0.4, 0.5) is 5.82 Å². The van der Waals surface area contributed by atoms with E-state index in [2.05, 4.69) is 15.6 Å². The lowest BCUT2D eigenvalue weighted by atomic mass is 10.1. The Morgan fingerprint density at radius 1 is 1.03 bits per heavy atom. The molecule has 2 aromatic heterocycles. The minimum absolute atomic E-state index is 0.0287. The molecule has 0 fully saturated rings. The van der Waals surface area contributed by atoms with Gasteiger partial charge in [-0.25, -0.2) is 9.88 Å². The summed E-state index contributed by atoms with van der Waals surface area (Å²) in [5.41, 5.74) is 11.7. The number of amides is 2. The van der Waals surface area contributed by atoms with Crippen LogP contribution in [0.15, 0.2) is 60.8 Å². The van der Waals surface area contributed by atoms with E-state index >= 15 is 0 Å². The molecule has 1 unspecified atom stereocenters. The number of fused-ring (bicyclic) bond motifs is 4. The van der Waals surface area contributed by atoms with Crippen molar-refractivity contribution < 1.29 is 9.59 Å². The van der Waals surface area contributed by atoms with Crippen LogP contribution in [0, 0.1) is 11.3 Å². The molecule has 160 valence electrons. The van der Waals surface area contributed by atoms with Gasteiger partial charge >= 0.3 is 0 Å². The van der Waals surface area contributed by atoms with E-state index in [1.807, 2.05) is 30.3 Å². The molecule has 0 spiro atoms. The predicted molar refractivity (Wildman–Crippen MR) is 123 cm³/mol. The maximum absolute atomic E-state index is 13.1. The second kappa shape index (κ2) is 7.12. The lowest BCUT2D eigenvalue weighted by Crippen LogP contribution is -2.31. The fourth-order valence-electron chi connectivity index (χ4n) is 5.08. The number of carbonyl (C=O) groups is 2. The molecule has 0 saturated heterocycles. The van der Waals surface area contributed by atoms with Gasteiger partial charge in [0, 0.05) is 40.8 Å². The average Bonchev–Trinajstić information content (AvgIpc) is 3.43. The molecule has 0 saturated carbocycles. The summed E-state index contributed by atoms with van der Waals surface area (Å²) in [4.78, 5) is 31.8. The maximum Gasteiger partial charge on any atom is 0.267 e. The van der Waals surface area contributed by atoms with Crippen LogP contribution >= 0.6 is 0 Å². The van der Waals surface area contributed by atoms with Crippen LogP contribution in [0.2, 0.25) is 0 Å². The Labute approximate surface area is 189 Å². The van der Waals surface area contributed by atoms with Crippen molar-refractivity contribution in [2.24, 2.45) is 5.73 Å². The van der Waals surface area contributed by atoms with Crippen LogP contribution < -0.4 is 10.6 Å². The lowest BCUT2D eigenvalue weighted by Gasteiger charge is -2.18. The van der Waals surface area contributed by atoms with E-state index in [-0.39, 0.29) is 17.9 Å². The zero-order valence-corrected chi connectivity index (χ0v) is 17.7. The van der Waals surface area contributed by atoms with Crippen molar-refractivity contribution in [1.82, 2.24) is 9.55 Å². The van der Waals surface area contributed by atoms with E-state index in [1.165, 1.54) is 10.5 Å². The number of hydrogen-bond donors (Lipinski definition) is 1. The Balaban J connectivity index is 1.47. The minimum Gasteiger partial charge on any atom is -0.340 e. The van der Waals surface area contributed by atoms with E-state index in [0.29, 0.717) is 29.1 Å². The molecule has 3 heterocycles. The van der Waals surface area contributed by atoms with Gasteiger partial charge in [0.05, 0.1) is 29.3 Å². The molecule has 2 amide bonds. The molecule has 7 heteroatoms. The Morgan fingerprint density at radius 3 is 2.52 bits per heavy atom. The largest absolute Gasteiger partial charge is 0.340 e. The fraction of sp³-hybridized carbons (Fsp3) is 0.154. The molecule has 2 aliphatic rings. The third-order valence-corrected chi connectivity index (χ3v) is 6.54. The SMILES string of the molecule is N#Cc1ccc2c(c1)c1c(n2Cc2cccnc2N2C(=O)c3ccccc3C2=O)CC(N)C1. The fourth-order valence-corrected chi connectivity index (χ4v) is 5.08. The molecule has 0 bridgehead atoms. The summed E-state index contributed by atoms with van der Waals surface area (Å²) >= 11 is 0. The molecule has 33 heavy (non-hydrogen) atoms. The second-order valence-corrected chi connectivity index (χ2v) is 8.50. The third kappa shape index (κ3) is 2.81. The molecule has 1 aliphatic carbocycles. The zero-order valence-electron chi connectivity index (χ0n) is 17.7. The number of nitriles is 1. The smallest absolute Gasteiger partial charge is 0.267 e. The van der Waals surface area contributed by atoms with E-state index in [9.17, 15) is 14.9 Å². The molecule has 1 atom stereocenters. The number of anilines is 1. The first kappa shape index (κ1) is 19.4. The van der Waals surface area contributed by atoms with Gasteiger partial charge in [-0.15, -0.1) is 0 Å². The molecule has 2 N–H and O–H groups in total. The van der Waals surface area contributed by atoms with Gasteiger partial charge in [0.25, 0.3) is 11.8 Å². The van der Waals surface area contributed by atoms with E-state index in [4.69, 9.17) is 5.73 Å². The van der Waals surface area contributed by atoms with Crippen LogP contribution in [-0.4, -0.2) is 27.4 Å². The van der Waals surface area contributed by atoms with Crippen molar-refractivity contribution in [2.45, 2.75) is 25.4 Å².